The van der Waals surface area contributed by atoms with E-state index < -0.39 is 11.7 Å². The van der Waals surface area contributed by atoms with Crippen LogP contribution in [-0.4, -0.2) is 42.5 Å². The van der Waals surface area contributed by atoms with Crippen molar-refractivity contribution in [1.29, 1.82) is 0 Å². The van der Waals surface area contributed by atoms with Crippen LogP contribution in [0.4, 0.5) is 13.2 Å². The van der Waals surface area contributed by atoms with E-state index in [-0.39, 0.29) is 5.41 Å². The molecule has 1 aromatic carbocycles. The van der Waals surface area contributed by atoms with Crippen LogP contribution in [0.5, 0.6) is 0 Å². The van der Waals surface area contributed by atoms with Gasteiger partial charge < -0.3 is 4.90 Å². The van der Waals surface area contributed by atoms with E-state index in [1.807, 2.05) is 0 Å². The summed E-state index contributed by atoms with van der Waals surface area (Å²) in [6, 6.07) is 5.89. The van der Waals surface area contributed by atoms with Crippen molar-refractivity contribution in [2.45, 2.75) is 33.5 Å². The molecule has 0 unspecified atom stereocenters. The Bertz CT molecular complexity index is 483. The molecule has 0 atom stereocenters. The molecule has 0 saturated carbocycles. The van der Waals surface area contributed by atoms with Crippen molar-refractivity contribution < 1.29 is 13.2 Å². The maximum atomic E-state index is 13.0. The highest BCUT2D eigenvalue weighted by molar-refractivity contribution is 5.29. The van der Waals surface area contributed by atoms with Crippen molar-refractivity contribution in [1.82, 2.24) is 9.80 Å². The van der Waals surface area contributed by atoms with Crippen LogP contribution in [0, 0.1) is 5.41 Å². The standard InChI is InChI=1S/C17H25F3N2/c1-16(2,3)13-22-10-8-21(9-11-22)12-14-6-4-5-7-15(14)17(18,19)20/h4-7H,8-13H2,1-3H3. The maximum Gasteiger partial charge on any atom is 0.416 e. The largest absolute Gasteiger partial charge is 0.416 e. The van der Waals surface area contributed by atoms with Crippen molar-refractivity contribution in [2.24, 2.45) is 5.41 Å². The summed E-state index contributed by atoms with van der Waals surface area (Å²) in [5, 5.41) is 0. The minimum atomic E-state index is -4.27. The summed E-state index contributed by atoms with van der Waals surface area (Å²) in [6.07, 6.45) is -4.27. The quantitative estimate of drug-likeness (QED) is 0.836. The van der Waals surface area contributed by atoms with Crippen LogP contribution in [0.2, 0.25) is 0 Å². The third-order valence-electron chi connectivity index (χ3n) is 3.88. The van der Waals surface area contributed by atoms with Crippen molar-refractivity contribution in [2.75, 3.05) is 32.7 Å². The number of piperazine rings is 1. The first kappa shape index (κ1) is 17.3. The monoisotopic (exact) mass is 314 g/mol. The normalized spacial score (nSPS) is 18.6. The van der Waals surface area contributed by atoms with Crippen LogP contribution >= 0.6 is 0 Å². The van der Waals surface area contributed by atoms with Gasteiger partial charge in [0.1, 0.15) is 0 Å². The molecule has 1 saturated heterocycles. The molecule has 0 amide bonds. The molecule has 2 rings (SSSR count). The molecule has 1 aliphatic heterocycles. The number of hydrogen-bond donors (Lipinski definition) is 0. The molecule has 1 aromatic rings. The maximum absolute atomic E-state index is 13.0. The number of rotatable bonds is 3. The molecule has 2 nitrogen and oxygen atoms in total. The van der Waals surface area contributed by atoms with Gasteiger partial charge in [-0.1, -0.05) is 39.0 Å². The summed E-state index contributed by atoms with van der Waals surface area (Å²) >= 11 is 0. The molecule has 0 aromatic heterocycles. The van der Waals surface area contributed by atoms with E-state index in [1.165, 1.54) is 12.1 Å². The number of alkyl halides is 3. The van der Waals surface area contributed by atoms with E-state index in [0.29, 0.717) is 12.1 Å². The second kappa shape index (κ2) is 6.59. The van der Waals surface area contributed by atoms with Crippen LogP contribution in [0.15, 0.2) is 24.3 Å². The van der Waals surface area contributed by atoms with E-state index in [9.17, 15) is 13.2 Å². The molecular formula is C17H25F3N2. The second-order valence-corrected chi connectivity index (χ2v) is 7.27. The Kier molecular flexibility index (Phi) is 5.17. The minimum Gasteiger partial charge on any atom is -0.300 e. The van der Waals surface area contributed by atoms with Crippen molar-refractivity contribution in [3.05, 3.63) is 35.4 Å². The fourth-order valence-corrected chi connectivity index (χ4v) is 2.95. The molecule has 0 N–H and O–H groups in total. The minimum absolute atomic E-state index is 0.255. The van der Waals surface area contributed by atoms with E-state index in [0.717, 1.165) is 32.7 Å². The zero-order valence-electron chi connectivity index (χ0n) is 13.6. The smallest absolute Gasteiger partial charge is 0.300 e. The molecule has 5 heteroatoms. The van der Waals surface area contributed by atoms with Crippen LogP contribution in [-0.2, 0) is 12.7 Å². The average molecular weight is 314 g/mol. The van der Waals surface area contributed by atoms with E-state index in [1.54, 1.807) is 12.1 Å². The van der Waals surface area contributed by atoms with Gasteiger partial charge in [0.15, 0.2) is 0 Å². The van der Waals surface area contributed by atoms with Gasteiger partial charge in [0.25, 0.3) is 0 Å². The fraction of sp³-hybridized carbons (Fsp3) is 0.647. The van der Waals surface area contributed by atoms with Crippen LogP contribution in [0.1, 0.15) is 31.9 Å². The first-order valence-corrected chi connectivity index (χ1v) is 7.75. The average Bonchev–Trinajstić information content (AvgIpc) is 2.39. The molecule has 22 heavy (non-hydrogen) atoms. The third kappa shape index (κ3) is 4.99. The lowest BCUT2D eigenvalue weighted by Crippen LogP contribution is -2.48. The number of halogens is 3. The highest BCUT2D eigenvalue weighted by Crippen LogP contribution is 2.32. The highest BCUT2D eigenvalue weighted by Gasteiger charge is 2.33. The Balaban J connectivity index is 1.95. The Hall–Kier alpha value is -1.07. The van der Waals surface area contributed by atoms with E-state index >= 15 is 0 Å². The lowest BCUT2D eigenvalue weighted by Gasteiger charge is -2.38. The van der Waals surface area contributed by atoms with Gasteiger partial charge in [0, 0.05) is 39.3 Å². The van der Waals surface area contributed by atoms with Crippen LogP contribution in [0.25, 0.3) is 0 Å². The molecule has 0 bridgehead atoms. The molecule has 1 heterocycles. The second-order valence-electron chi connectivity index (χ2n) is 7.27. The summed E-state index contributed by atoms with van der Waals surface area (Å²) in [5.74, 6) is 0. The predicted molar refractivity (Wildman–Crippen MR) is 82.6 cm³/mol. The molecular weight excluding hydrogens is 289 g/mol. The Morgan fingerprint density at radius 3 is 2.00 bits per heavy atom. The van der Waals surface area contributed by atoms with Gasteiger partial charge in [-0.2, -0.15) is 13.2 Å². The fourth-order valence-electron chi connectivity index (χ4n) is 2.95. The third-order valence-corrected chi connectivity index (χ3v) is 3.88. The highest BCUT2D eigenvalue weighted by atomic mass is 19.4. The van der Waals surface area contributed by atoms with E-state index in [4.69, 9.17) is 0 Å². The van der Waals surface area contributed by atoms with Gasteiger partial charge in [0.2, 0.25) is 0 Å². The zero-order chi connectivity index (χ0) is 16.4. The molecule has 1 fully saturated rings. The molecule has 124 valence electrons. The number of benzene rings is 1. The summed E-state index contributed by atoms with van der Waals surface area (Å²) in [6.45, 7) is 11.5. The van der Waals surface area contributed by atoms with Gasteiger partial charge in [-0.25, -0.2) is 0 Å². The molecule has 0 spiro atoms. The summed E-state index contributed by atoms with van der Waals surface area (Å²) in [4.78, 5) is 4.51. The Morgan fingerprint density at radius 2 is 1.45 bits per heavy atom. The first-order valence-electron chi connectivity index (χ1n) is 7.75. The number of nitrogens with zero attached hydrogens (tertiary/aromatic N) is 2. The summed E-state index contributed by atoms with van der Waals surface area (Å²) in [7, 11) is 0. The topological polar surface area (TPSA) is 6.48 Å². The van der Waals surface area contributed by atoms with Crippen LogP contribution < -0.4 is 0 Å². The first-order chi connectivity index (χ1) is 10.1. The zero-order valence-corrected chi connectivity index (χ0v) is 13.6. The van der Waals surface area contributed by atoms with Gasteiger partial charge in [-0.05, 0) is 17.0 Å². The Labute approximate surface area is 130 Å². The van der Waals surface area contributed by atoms with E-state index in [2.05, 4.69) is 30.6 Å². The van der Waals surface area contributed by atoms with Crippen molar-refractivity contribution in [3.8, 4) is 0 Å². The lowest BCUT2D eigenvalue weighted by atomic mass is 9.96. The SMILES string of the molecule is CC(C)(C)CN1CCN(Cc2ccccc2C(F)(F)F)CC1. The van der Waals surface area contributed by atoms with Crippen molar-refractivity contribution in [3.63, 3.8) is 0 Å². The van der Waals surface area contributed by atoms with Gasteiger partial charge in [-0.3, -0.25) is 4.90 Å². The van der Waals surface area contributed by atoms with Crippen LogP contribution in [0.3, 0.4) is 0 Å². The van der Waals surface area contributed by atoms with Crippen molar-refractivity contribution >= 4 is 0 Å². The molecule has 1 aliphatic rings. The molecule has 0 radical (unpaired) electrons. The summed E-state index contributed by atoms with van der Waals surface area (Å²) in [5.41, 5.74) is 0.122. The predicted octanol–water partition coefficient (Wildman–Crippen LogP) is 3.87. The van der Waals surface area contributed by atoms with Gasteiger partial charge in [0.05, 0.1) is 5.56 Å². The van der Waals surface area contributed by atoms with Gasteiger partial charge >= 0.3 is 6.18 Å². The summed E-state index contributed by atoms with van der Waals surface area (Å²) < 4.78 is 39.1. The van der Waals surface area contributed by atoms with Gasteiger partial charge in [-0.15, -0.1) is 0 Å². The Morgan fingerprint density at radius 1 is 0.909 bits per heavy atom. The lowest BCUT2D eigenvalue weighted by molar-refractivity contribution is -0.138. The molecule has 0 aliphatic carbocycles. The number of hydrogen-bond acceptors (Lipinski definition) is 2.